The summed E-state index contributed by atoms with van der Waals surface area (Å²) < 4.78 is 5.20. The molecule has 0 spiro atoms. The summed E-state index contributed by atoms with van der Waals surface area (Å²) in [4.78, 5) is 4.40. The van der Waals surface area contributed by atoms with Crippen molar-refractivity contribution < 1.29 is 4.74 Å². The minimum atomic E-state index is 0.0367. The van der Waals surface area contributed by atoms with Crippen LogP contribution in [0.15, 0.2) is 18.2 Å². The lowest BCUT2D eigenvalue weighted by molar-refractivity contribution is 0.276. The van der Waals surface area contributed by atoms with E-state index in [0.29, 0.717) is 11.3 Å². The van der Waals surface area contributed by atoms with E-state index >= 15 is 0 Å². The zero-order valence-electron chi connectivity index (χ0n) is 12.2. The third kappa shape index (κ3) is 4.89. The van der Waals surface area contributed by atoms with Gasteiger partial charge in [0.25, 0.3) is 0 Å². The predicted octanol–water partition coefficient (Wildman–Crippen LogP) is 0.973. The van der Waals surface area contributed by atoms with Crippen LogP contribution in [0.3, 0.4) is 0 Å². The van der Waals surface area contributed by atoms with Gasteiger partial charge in [-0.05, 0) is 38.8 Å². The Kier molecular flexibility index (Phi) is 5.79. The highest BCUT2D eigenvalue weighted by molar-refractivity contribution is 5.97. The summed E-state index contributed by atoms with van der Waals surface area (Å²) in [6.07, 6.45) is 0. The molecule has 0 saturated carbocycles. The van der Waals surface area contributed by atoms with Crippen LogP contribution in [0.5, 0.6) is 5.75 Å². The fraction of sp³-hybridized carbons (Fsp3) is 0.500. The SMILES string of the molecule is COc1ccc(CN(C)CCN(C)C)cc1C(=N)N. The first-order valence-electron chi connectivity index (χ1n) is 6.28. The highest BCUT2D eigenvalue weighted by atomic mass is 16.5. The number of benzene rings is 1. The molecule has 1 aromatic rings. The Balaban J connectivity index is 2.74. The largest absolute Gasteiger partial charge is 0.496 e. The van der Waals surface area contributed by atoms with E-state index in [2.05, 4.69) is 30.9 Å². The van der Waals surface area contributed by atoms with Crippen molar-refractivity contribution in [2.75, 3.05) is 41.3 Å². The molecular formula is C14H24N4O. The van der Waals surface area contributed by atoms with Gasteiger partial charge in [0, 0.05) is 19.6 Å². The molecule has 0 aliphatic heterocycles. The van der Waals surface area contributed by atoms with Gasteiger partial charge in [0.05, 0.1) is 12.7 Å². The molecule has 5 heteroatoms. The molecule has 0 fully saturated rings. The van der Waals surface area contributed by atoms with Gasteiger partial charge in [-0.15, -0.1) is 0 Å². The van der Waals surface area contributed by atoms with Crippen LogP contribution in [0.4, 0.5) is 0 Å². The summed E-state index contributed by atoms with van der Waals surface area (Å²) in [7, 11) is 7.80. The van der Waals surface area contributed by atoms with Crippen molar-refractivity contribution in [2.45, 2.75) is 6.54 Å². The summed E-state index contributed by atoms with van der Waals surface area (Å²) in [6.45, 7) is 2.85. The summed E-state index contributed by atoms with van der Waals surface area (Å²) in [6, 6.07) is 5.80. The van der Waals surface area contributed by atoms with Crippen LogP contribution < -0.4 is 10.5 Å². The van der Waals surface area contributed by atoms with Crippen LogP contribution >= 0.6 is 0 Å². The molecule has 0 aromatic heterocycles. The van der Waals surface area contributed by atoms with Crippen molar-refractivity contribution in [1.82, 2.24) is 9.80 Å². The molecule has 1 rings (SSSR count). The van der Waals surface area contributed by atoms with Gasteiger partial charge in [-0.3, -0.25) is 5.41 Å². The zero-order valence-corrected chi connectivity index (χ0v) is 12.2. The first-order chi connectivity index (χ1) is 8.93. The third-order valence-electron chi connectivity index (χ3n) is 2.94. The Morgan fingerprint density at radius 2 is 1.95 bits per heavy atom. The van der Waals surface area contributed by atoms with Crippen LogP contribution in [-0.2, 0) is 6.54 Å². The summed E-state index contributed by atoms with van der Waals surface area (Å²) in [5, 5.41) is 7.57. The second-order valence-corrected chi connectivity index (χ2v) is 4.99. The van der Waals surface area contributed by atoms with Crippen molar-refractivity contribution in [3.63, 3.8) is 0 Å². The van der Waals surface area contributed by atoms with Crippen molar-refractivity contribution in [3.05, 3.63) is 29.3 Å². The maximum Gasteiger partial charge on any atom is 0.129 e. The summed E-state index contributed by atoms with van der Waals surface area (Å²) in [5.41, 5.74) is 7.36. The number of ether oxygens (including phenoxy) is 1. The first-order valence-corrected chi connectivity index (χ1v) is 6.28. The number of nitrogens with one attached hydrogen (secondary N) is 1. The van der Waals surface area contributed by atoms with Crippen molar-refractivity contribution >= 4 is 5.84 Å². The topological polar surface area (TPSA) is 65.6 Å². The third-order valence-corrected chi connectivity index (χ3v) is 2.94. The Hall–Kier alpha value is -1.59. The van der Waals surface area contributed by atoms with E-state index in [0.717, 1.165) is 25.2 Å². The molecule has 0 aliphatic carbocycles. The fourth-order valence-corrected chi connectivity index (χ4v) is 1.83. The molecule has 0 heterocycles. The molecule has 0 amide bonds. The number of nitrogen functional groups attached to an aromatic ring is 1. The molecule has 0 aliphatic rings. The number of hydrogen-bond donors (Lipinski definition) is 2. The molecule has 0 unspecified atom stereocenters. The Morgan fingerprint density at radius 1 is 1.26 bits per heavy atom. The predicted molar refractivity (Wildman–Crippen MR) is 78.9 cm³/mol. The molecule has 0 radical (unpaired) electrons. The number of likely N-dealkylation sites (N-methyl/N-ethyl adjacent to an activating group) is 2. The number of nitrogens with two attached hydrogens (primary N) is 1. The van der Waals surface area contributed by atoms with Crippen LogP contribution in [0.25, 0.3) is 0 Å². The van der Waals surface area contributed by atoms with Crippen LogP contribution in [0.2, 0.25) is 0 Å². The molecule has 3 N–H and O–H groups in total. The number of nitrogens with zero attached hydrogens (tertiary/aromatic N) is 2. The number of hydrogen-bond acceptors (Lipinski definition) is 4. The minimum Gasteiger partial charge on any atom is -0.496 e. The van der Waals surface area contributed by atoms with Gasteiger partial charge in [-0.25, -0.2) is 0 Å². The molecule has 0 atom stereocenters. The molecular weight excluding hydrogens is 240 g/mol. The van der Waals surface area contributed by atoms with Crippen LogP contribution in [-0.4, -0.2) is 57.0 Å². The standard InChI is InChI=1S/C14H24N4O/c1-17(2)7-8-18(3)10-11-5-6-13(19-4)12(9-11)14(15)16/h5-6,9H,7-8,10H2,1-4H3,(H3,15,16). The second-order valence-electron chi connectivity index (χ2n) is 4.99. The van der Waals surface area contributed by atoms with Gasteiger partial charge >= 0.3 is 0 Å². The number of methoxy groups -OCH3 is 1. The van der Waals surface area contributed by atoms with Crippen molar-refractivity contribution in [2.24, 2.45) is 5.73 Å². The molecule has 0 saturated heterocycles. The van der Waals surface area contributed by atoms with E-state index in [1.54, 1.807) is 7.11 Å². The van der Waals surface area contributed by atoms with Gasteiger partial charge < -0.3 is 20.3 Å². The molecule has 19 heavy (non-hydrogen) atoms. The van der Waals surface area contributed by atoms with Crippen molar-refractivity contribution in [3.8, 4) is 5.75 Å². The summed E-state index contributed by atoms with van der Waals surface area (Å²) >= 11 is 0. The molecule has 0 bridgehead atoms. The lowest BCUT2D eigenvalue weighted by atomic mass is 10.1. The van der Waals surface area contributed by atoms with Gasteiger partial charge in [-0.1, -0.05) is 6.07 Å². The molecule has 5 nitrogen and oxygen atoms in total. The van der Waals surface area contributed by atoms with Gasteiger partial charge in [0.1, 0.15) is 11.6 Å². The van der Waals surface area contributed by atoms with Crippen LogP contribution in [0.1, 0.15) is 11.1 Å². The maximum atomic E-state index is 7.57. The van der Waals surface area contributed by atoms with Gasteiger partial charge in [-0.2, -0.15) is 0 Å². The number of rotatable bonds is 7. The van der Waals surface area contributed by atoms with Gasteiger partial charge in [0.15, 0.2) is 0 Å². The lowest BCUT2D eigenvalue weighted by Gasteiger charge is -2.20. The van der Waals surface area contributed by atoms with E-state index in [1.165, 1.54) is 0 Å². The normalized spacial score (nSPS) is 11.1. The average Bonchev–Trinajstić information content (AvgIpc) is 2.36. The Morgan fingerprint density at radius 3 is 2.47 bits per heavy atom. The smallest absolute Gasteiger partial charge is 0.129 e. The maximum absolute atomic E-state index is 7.57. The highest BCUT2D eigenvalue weighted by Gasteiger charge is 2.08. The van der Waals surface area contributed by atoms with Crippen molar-refractivity contribution in [1.29, 1.82) is 5.41 Å². The van der Waals surface area contributed by atoms with Gasteiger partial charge in [0.2, 0.25) is 0 Å². The van der Waals surface area contributed by atoms with E-state index in [9.17, 15) is 0 Å². The minimum absolute atomic E-state index is 0.0367. The van der Waals surface area contributed by atoms with E-state index in [-0.39, 0.29) is 5.84 Å². The van der Waals surface area contributed by atoms with E-state index in [1.807, 2.05) is 18.2 Å². The first kappa shape index (κ1) is 15.5. The second kappa shape index (κ2) is 7.11. The Labute approximate surface area is 115 Å². The fourth-order valence-electron chi connectivity index (χ4n) is 1.83. The zero-order chi connectivity index (χ0) is 14.4. The van der Waals surface area contributed by atoms with E-state index in [4.69, 9.17) is 15.9 Å². The average molecular weight is 264 g/mol. The molecule has 106 valence electrons. The highest BCUT2D eigenvalue weighted by Crippen LogP contribution is 2.19. The van der Waals surface area contributed by atoms with E-state index < -0.39 is 0 Å². The molecule has 1 aromatic carbocycles. The van der Waals surface area contributed by atoms with Crippen LogP contribution in [0, 0.1) is 5.41 Å². The lowest BCUT2D eigenvalue weighted by Crippen LogP contribution is -2.28. The quantitative estimate of drug-likeness (QED) is 0.569. The monoisotopic (exact) mass is 264 g/mol. The summed E-state index contributed by atoms with van der Waals surface area (Å²) in [5.74, 6) is 0.682. The number of amidine groups is 1. The Bertz CT molecular complexity index is 431.